The molecule has 0 fully saturated rings. The van der Waals surface area contributed by atoms with Crippen LogP contribution in [0.25, 0.3) is 0 Å². The molecular weight excluding hydrogens is 412 g/mol. The third-order valence-electron chi connectivity index (χ3n) is 7.05. The van der Waals surface area contributed by atoms with Crippen molar-refractivity contribution in [2.75, 3.05) is 7.11 Å². The molecule has 2 aliphatic carbocycles. The Kier molecular flexibility index (Phi) is 9.39. The van der Waals surface area contributed by atoms with Gasteiger partial charge in [0.15, 0.2) is 11.6 Å². The highest BCUT2D eigenvalue weighted by Crippen LogP contribution is 2.54. The molecule has 3 unspecified atom stereocenters. The standard InChI is InChI=1S/C29H40O4/c1-19(2)9-8-10-21(5)12-14-23-17-26(30)29(18-27(31)33-7)24(15-11-20(3)4)22(6)13-16-25(29)28(23)32/h9,11-13,17,24-25H,8,10,14-16,18H2,1-7H3. The minimum absolute atomic E-state index is 0.00204. The van der Waals surface area contributed by atoms with Gasteiger partial charge in [-0.25, -0.2) is 0 Å². The van der Waals surface area contributed by atoms with E-state index < -0.39 is 17.3 Å². The Balaban J connectivity index is 2.42. The normalized spacial score (nSPS) is 25.0. The summed E-state index contributed by atoms with van der Waals surface area (Å²) in [6, 6.07) is 0. The number of ether oxygens (including phenoxy) is 1. The Morgan fingerprint density at radius 2 is 1.76 bits per heavy atom. The van der Waals surface area contributed by atoms with Crippen molar-refractivity contribution in [1.82, 2.24) is 0 Å². The molecule has 0 saturated carbocycles. The number of rotatable bonds is 9. The Morgan fingerprint density at radius 3 is 2.36 bits per heavy atom. The summed E-state index contributed by atoms with van der Waals surface area (Å²) < 4.78 is 4.98. The minimum Gasteiger partial charge on any atom is -0.469 e. The van der Waals surface area contributed by atoms with E-state index in [1.807, 2.05) is 20.8 Å². The van der Waals surface area contributed by atoms with Crippen molar-refractivity contribution in [3.63, 3.8) is 0 Å². The molecule has 0 aromatic carbocycles. The quantitative estimate of drug-likeness (QED) is 0.291. The molecule has 0 amide bonds. The van der Waals surface area contributed by atoms with Crippen LogP contribution >= 0.6 is 0 Å². The fraction of sp³-hybridized carbons (Fsp3) is 0.552. The molecule has 33 heavy (non-hydrogen) atoms. The molecule has 0 aromatic heterocycles. The molecule has 0 spiro atoms. The van der Waals surface area contributed by atoms with Crippen LogP contribution in [0.1, 0.15) is 80.1 Å². The number of fused-ring (bicyclic) bond motifs is 1. The predicted molar refractivity (Wildman–Crippen MR) is 134 cm³/mol. The van der Waals surface area contributed by atoms with Crippen LogP contribution in [0, 0.1) is 17.3 Å². The molecular formula is C29H40O4. The number of hydrogen-bond acceptors (Lipinski definition) is 4. The zero-order chi connectivity index (χ0) is 24.8. The maximum absolute atomic E-state index is 13.7. The van der Waals surface area contributed by atoms with E-state index in [4.69, 9.17) is 4.74 Å². The van der Waals surface area contributed by atoms with Gasteiger partial charge in [-0.15, -0.1) is 0 Å². The van der Waals surface area contributed by atoms with Crippen molar-refractivity contribution >= 4 is 17.5 Å². The fourth-order valence-electron chi connectivity index (χ4n) is 5.11. The van der Waals surface area contributed by atoms with E-state index in [9.17, 15) is 14.4 Å². The first-order valence-corrected chi connectivity index (χ1v) is 12.0. The molecule has 0 saturated heterocycles. The fourth-order valence-corrected chi connectivity index (χ4v) is 5.11. The van der Waals surface area contributed by atoms with Gasteiger partial charge >= 0.3 is 5.97 Å². The topological polar surface area (TPSA) is 60.4 Å². The number of esters is 1. The number of ketones is 2. The Morgan fingerprint density at radius 1 is 1.09 bits per heavy atom. The summed E-state index contributed by atoms with van der Waals surface area (Å²) in [6.07, 6.45) is 13.4. The van der Waals surface area contributed by atoms with Crippen molar-refractivity contribution in [2.45, 2.75) is 80.1 Å². The second-order valence-corrected chi connectivity index (χ2v) is 10.1. The Labute approximate surface area is 199 Å². The predicted octanol–water partition coefficient (Wildman–Crippen LogP) is 6.64. The highest BCUT2D eigenvalue weighted by Gasteiger charge is 2.57. The number of carbonyl (C=O) groups is 3. The zero-order valence-electron chi connectivity index (χ0n) is 21.4. The second-order valence-electron chi connectivity index (χ2n) is 10.1. The van der Waals surface area contributed by atoms with E-state index in [2.05, 4.69) is 45.1 Å². The van der Waals surface area contributed by atoms with E-state index in [0.717, 1.165) is 24.0 Å². The van der Waals surface area contributed by atoms with Gasteiger partial charge in [0, 0.05) is 11.5 Å². The average molecular weight is 453 g/mol. The summed E-state index contributed by atoms with van der Waals surface area (Å²) >= 11 is 0. The lowest BCUT2D eigenvalue weighted by Gasteiger charge is -2.48. The first kappa shape index (κ1) is 26.8. The molecule has 2 aliphatic rings. The molecule has 0 heterocycles. The van der Waals surface area contributed by atoms with Crippen LogP contribution in [0.2, 0.25) is 0 Å². The lowest BCUT2D eigenvalue weighted by molar-refractivity contribution is -0.153. The summed E-state index contributed by atoms with van der Waals surface area (Å²) in [6.45, 7) is 12.3. The van der Waals surface area contributed by atoms with Crippen molar-refractivity contribution in [3.05, 3.63) is 58.2 Å². The van der Waals surface area contributed by atoms with E-state index in [1.54, 1.807) is 0 Å². The first-order chi connectivity index (χ1) is 15.5. The van der Waals surface area contributed by atoms with E-state index >= 15 is 0 Å². The van der Waals surface area contributed by atoms with E-state index in [-0.39, 0.29) is 23.9 Å². The molecule has 4 nitrogen and oxygen atoms in total. The van der Waals surface area contributed by atoms with Crippen LogP contribution in [0.3, 0.4) is 0 Å². The number of carbonyl (C=O) groups excluding carboxylic acids is 3. The lowest BCUT2D eigenvalue weighted by Crippen LogP contribution is -2.53. The van der Waals surface area contributed by atoms with Crippen molar-refractivity contribution in [2.24, 2.45) is 17.3 Å². The third kappa shape index (κ3) is 6.31. The lowest BCUT2D eigenvalue weighted by atomic mass is 9.52. The molecule has 0 N–H and O–H groups in total. The number of methoxy groups -OCH3 is 1. The molecule has 0 aromatic rings. The average Bonchev–Trinajstić information content (AvgIpc) is 2.74. The van der Waals surface area contributed by atoms with Crippen LogP contribution in [-0.4, -0.2) is 24.6 Å². The first-order valence-electron chi connectivity index (χ1n) is 12.0. The maximum Gasteiger partial charge on any atom is 0.306 e. The summed E-state index contributed by atoms with van der Waals surface area (Å²) in [7, 11) is 1.34. The minimum atomic E-state index is -1.07. The van der Waals surface area contributed by atoms with E-state index in [0.29, 0.717) is 24.8 Å². The number of Topliss-reactive ketones (excluding diaryl/α,β-unsaturated/α-hetero) is 1. The van der Waals surface area contributed by atoms with Gasteiger partial charge in [-0.2, -0.15) is 0 Å². The monoisotopic (exact) mass is 452 g/mol. The highest BCUT2D eigenvalue weighted by atomic mass is 16.5. The number of allylic oxidation sites excluding steroid dienone is 10. The van der Waals surface area contributed by atoms with Gasteiger partial charge in [-0.05, 0) is 85.6 Å². The highest BCUT2D eigenvalue weighted by molar-refractivity contribution is 6.14. The Bertz CT molecular complexity index is 933. The molecule has 0 radical (unpaired) electrons. The van der Waals surface area contributed by atoms with Gasteiger partial charge in [0.2, 0.25) is 0 Å². The maximum atomic E-state index is 13.7. The summed E-state index contributed by atoms with van der Waals surface area (Å²) in [5, 5.41) is 0. The summed E-state index contributed by atoms with van der Waals surface area (Å²) in [5.41, 5.74) is 4.21. The van der Waals surface area contributed by atoms with Gasteiger partial charge < -0.3 is 4.74 Å². The van der Waals surface area contributed by atoms with Crippen LogP contribution in [0.15, 0.2) is 58.2 Å². The molecule has 4 heteroatoms. The van der Waals surface area contributed by atoms with Gasteiger partial charge in [0.25, 0.3) is 0 Å². The molecule has 180 valence electrons. The van der Waals surface area contributed by atoms with Crippen molar-refractivity contribution in [1.29, 1.82) is 0 Å². The number of hydrogen-bond donors (Lipinski definition) is 0. The van der Waals surface area contributed by atoms with Crippen molar-refractivity contribution < 1.29 is 19.1 Å². The van der Waals surface area contributed by atoms with Crippen LogP contribution < -0.4 is 0 Å². The van der Waals surface area contributed by atoms with Crippen LogP contribution in [-0.2, 0) is 19.1 Å². The van der Waals surface area contributed by atoms with Crippen LogP contribution in [0.5, 0.6) is 0 Å². The van der Waals surface area contributed by atoms with Gasteiger partial charge in [0.1, 0.15) is 0 Å². The van der Waals surface area contributed by atoms with Gasteiger partial charge in [0.05, 0.1) is 18.9 Å². The van der Waals surface area contributed by atoms with Crippen molar-refractivity contribution in [3.8, 4) is 0 Å². The second kappa shape index (κ2) is 11.6. The summed E-state index contributed by atoms with van der Waals surface area (Å²) in [5.74, 6) is -1.27. The van der Waals surface area contributed by atoms with Gasteiger partial charge in [-0.1, -0.05) is 46.6 Å². The van der Waals surface area contributed by atoms with Crippen LogP contribution in [0.4, 0.5) is 0 Å². The summed E-state index contributed by atoms with van der Waals surface area (Å²) in [4.78, 5) is 39.8. The molecule has 0 bridgehead atoms. The largest absolute Gasteiger partial charge is 0.469 e. The van der Waals surface area contributed by atoms with Gasteiger partial charge in [-0.3, -0.25) is 14.4 Å². The third-order valence-corrected chi connectivity index (χ3v) is 7.05. The molecule has 2 rings (SSSR count). The Hall–Kier alpha value is -2.49. The molecule has 0 aliphatic heterocycles. The zero-order valence-corrected chi connectivity index (χ0v) is 21.4. The smallest absolute Gasteiger partial charge is 0.306 e. The SMILES string of the molecule is COC(=O)CC12C(=O)C=C(CC=C(C)CCC=C(C)C)C(=O)C1CC=C(C)C2CC=C(C)C. The molecule has 3 atom stereocenters. The van der Waals surface area contributed by atoms with E-state index in [1.165, 1.54) is 24.3 Å².